The molecule has 0 bridgehead atoms. The molecule has 4 heteroatoms. The van der Waals surface area contributed by atoms with Gasteiger partial charge in [-0.05, 0) is 22.0 Å². The van der Waals surface area contributed by atoms with Crippen molar-refractivity contribution in [2.45, 2.75) is 6.61 Å². The molecule has 0 atom stereocenters. The van der Waals surface area contributed by atoms with Crippen molar-refractivity contribution in [2.24, 2.45) is 0 Å². The third-order valence-electron chi connectivity index (χ3n) is 1.71. The second-order valence-corrected chi connectivity index (χ2v) is 3.48. The van der Waals surface area contributed by atoms with Crippen LogP contribution in [0.25, 0.3) is 0 Å². The Balaban J connectivity index is 2.54. The van der Waals surface area contributed by atoms with Gasteiger partial charge in [0.05, 0.1) is 12.3 Å². The van der Waals surface area contributed by atoms with Crippen LogP contribution in [0.2, 0.25) is 0 Å². The molecule has 0 N–H and O–H groups in total. The average molecular weight is 228 g/mol. The van der Waals surface area contributed by atoms with Gasteiger partial charge in [0, 0.05) is 16.2 Å². The molecule has 3 nitrogen and oxygen atoms in total. The molecule has 0 unspecified atom stereocenters. The number of nitrogens with zero attached hydrogens (tertiary/aromatic N) is 1. The predicted octanol–water partition coefficient (Wildman–Crippen LogP) is 1.56. The van der Waals surface area contributed by atoms with E-state index >= 15 is 0 Å². The monoisotopic (exact) mass is 227 g/mol. The molecular formula is C8H6BrNO2. The molecule has 0 saturated heterocycles. The van der Waals surface area contributed by atoms with Crippen molar-refractivity contribution in [1.82, 2.24) is 4.98 Å². The summed E-state index contributed by atoms with van der Waals surface area (Å²) in [5.74, 6) is 0.00468. The van der Waals surface area contributed by atoms with Crippen LogP contribution in [0.3, 0.4) is 0 Å². The minimum absolute atomic E-state index is 0.00468. The number of carbonyl (C=O) groups is 1. The van der Waals surface area contributed by atoms with Crippen LogP contribution in [0.5, 0.6) is 0 Å². The number of hydrogen-bond acceptors (Lipinski definition) is 3. The Kier molecular flexibility index (Phi) is 1.94. The van der Waals surface area contributed by atoms with E-state index in [1.54, 1.807) is 12.3 Å². The molecule has 0 amide bonds. The molecule has 62 valence electrons. The molecule has 2 rings (SSSR count). The minimum Gasteiger partial charge on any atom is -0.367 e. The molecule has 1 aliphatic rings. The Morgan fingerprint density at radius 1 is 1.50 bits per heavy atom. The third kappa shape index (κ3) is 1.28. The number of Topliss-reactive ketones (excluding diaryl/α,β-unsaturated/α-hetero) is 1. The van der Waals surface area contributed by atoms with Crippen molar-refractivity contribution in [1.29, 1.82) is 0 Å². The number of ketones is 1. The summed E-state index contributed by atoms with van der Waals surface area (Å²) in [7, 11) is 0. The van der Waals surface area contributed by atoms with Crippen molar-refractivity contribution in [2.75, 3.05) is 6.61 Å². The molecule has 1 aliphatic heterocycles. The molecular weight excluding hydrogens is 222 g/mol. The highest BCUT2D eigenvalue weighted by molar-refractivity contribution is 9.10. The molecule has 1 aromatic rings. The Bertz CT molecular complexity index is 338. The van der Waals surface area contributed by atoms with Crippen LogP contribution in [0, 0.1) is 0 Å². The minimum atomic E-state index is 0.00468. The maximum atomic E-state index is 11.3. The number of aromatic nitrogens is 1. The van der Waals surface area contributed by atoms with Gasteiger partial charge in [-0.25, -0.2) is 0 Å². The van der Waals surface area contributed by atoms with Crippen molar-refractivity contribution in [3.63, 3.8) is 0 Å². The van der Waals surface area contributed by atoms with Gasteiger partial charge >= 0.3 is 0 Å². The first-order chi connectivity index (χ1) is 5.77. The van der Waals surface area contributed by atoms with E-state index in [2.05, 4.69) is 20.9 Å². The Morgan fingerprint density at radius 3 is 3.17 bits per heavy atom. The average Bonchev–Trinajstić information content (AvgIpc) is 2.07. The second kappa shape index (κ2) is 2.95. The summed E-state index contributed by atoms with van der Waals surface area (Å²) < 4.78 is 5.85. The molecule has 0 aromatic carbocycles. The lowest BCUT2D eigenvalue weighted by Crippen LogP contribution is -2.19. The number of pyridine rings is 1. The molecule has 0 aliphatic carbocycles. The van der Waals surface area contributed by atoms with Crippen molar-refractivity contribution >= 4 is 21.7 Å². The van der Waals surface area contributed by atoms with Crippen LogP contribution < -0.4 is 0 Å². The number of fused-ring (bicyclic) bond motifs is 1. The summed E-state index contributed by atoms with van der Waals surface area (Å²) in [5.41, 5.74) is 1.41. The zero-order chi connectivity index (χ0) is 8.55. The van der Waals surface area contributed by atoms with E-state index in [4.69, 9.17) is 4.74 Å². The number of halogens is 1. The van der Waals surface area contributed by atoms with Gasteiger partial charge in [-0.1, -0.05) is 0 Å². The number of ether oxygens (including phenoxy) is 1. The molecule has 2 heterocycles. The fourth-order valence-electron chi connectivity index (χ4n) is 1.14. The zero-order valence-electron chi connectivity index (χ0n) is 6.21. The second-order valence-electron chi connectivity index (χ2n) is 2.56. The van der Waals surface area contributed by atoms with Crippen LogP contribution in [-0.2, 0) is 11.3 Å². The van der Waals surface area contributed by atoms with E-state index < -0.39 is 0 Å². The van der Waals surface area contributed by atoms with Crippen molar-refractivity contribution < 1.29 is 9.53 Å². The Hall–Kier alpha value is -0.740. The van der Waals surface area contributed by atoms with Gasteiger partial charge < -0.3 is 4.74 Å². The molecule has 0 spiro atoms. The summed E-state index contributed by atoms with van der Waals surface area (Å²) >= 11 is 3.26. The van der Waals surface area contributed by atoms with E-state index in [0.717, 1.165) is 10.2 Å². The van der Waals surface area contributed by atoms with Gasteiger partial charge in [0.2, 0.25) is 0 Å². The van der Waals surface area contributed by atoms with Gasteiger partial charge in [0.1, 0.15) is 6.61 Å². The normalized spacial score (nSPS) is 15.9. The van der Waals surface area contributed by atoms with Gasteiger partial charge in [0.25, 0.3) is 0 Å². The smallest absolute Gasteiger partial charge is 0.190 e. The molecule has 0 fully saturated rings. The van der Waals surface area contributed by atoms with Crippen LogP contribution in [0.4, 0.5) is 0 Å². The number of carbonyl (C=O) groups excluding carboxylic acids is 1. The largest absolute Gasteiger partial charge is 0.367 e. The third-order valence-corrected chi connectivity index (χ3v) is 2.14. The van der Waals surface area contributed by atoms with Crippen LogP contribution in [0.1, 0.15) is 16.1 Å². The van der Waals surface area contributed by atoms with E-state index in [1.807, 2.05) is 0 Å². The lowest BCUT2D eigenvalue weighted by molar-refractivity contribution is 0.0655. The van der Waals surface area contributed by atoms with Crippen LogP contribution in [-0.4, -0.2) is 17.4 Å². The highest BCUT2D eigenvalue weighted by Crippen LogP contribution is 2.18. The van der Waals surface area contributed by atoms with Crippen molar-refractivity contribution in [3.05, 3.63) is 28.0 Å². The Labute approximate surface area is 77.9 Å². The van der Waals surface area contributed by atoms with Gasteiger partial charge in [0.15, 0.2) is 5.78 Å². The molecule has 0 radical (unpaired) electrons. The fraction of sp³-hybridized carbons (Fsp3) is 0.250. The lowest BCUT2D eigenvalue weighted by Gasteiger charge is -2.13. The van der Waals surface area contributed by atoms with Crippen molar-refractivity contribution in [3.8, 4) is 0 Å². The van der Waals surface area contributed by atoms with Gasteiger partial charge in [-0.3, -0.25) is 9.78 Å². The molecule has 0 saturated carbocycles. The first-order valence-electron chi connectivity index (χ1n) is 3.53. The van der Waals surface area contributed by atoms with Gasteiger partial charge in [-0.15, -0.1) is 0 Å². The number of rotatable bonds is 0. The Morgan fingerprint density at radius 2 is 2.33 bits per heavy atom. The summed E-state index contributed by atoms with van der Waals surface area (Å²) in [5, 5.41) is 0. The van der Waals surface area contributed by atoms with Crippen LogP contribution >= 0.6 is 15.9 Å². The quantitative estimate of drug-likeness (QED) is 0.676. The SMILES string of the molecule is O=C1COCc2ncc(Br)cc21. The summed E-state index contributed by atoms with van der Waals surface area (Å²) in [4.78, 5) is 15.3. The standard InChI is InChI=1S/C8H6BrNO2/c9-5-1-6-7(10-2-5)3-12-4-8(6)11/h1-2H,3-4H2. The summed E-state index contributed by atoms with van der Waals surface area (Å²) in [6.07, 6.45) is 1.67. The topological polar surface area (TPSA) is 39.2 Å². The highest BCUT2D eigenvalue weighted by atomic mass is 79.9. The summed E-state index contributed by atoms with van der Waals surface area (Å²) in [6.45, 7) is 0.611. The maximum Gasteiger partial charge on any atom is 0.190 e. The van der Waals surface area contributed by atoms with Crippen LogP contribution in [0.15, 0.2) is 16.7 Å². The highest BCUT2D eigenvalue weighted by Gasteiger charge is 2.18. The lowest BCUT2D eigenvalue weighted by atomic mass is 10.1. The molecule has 12 heavy (non-hydrogen) atoms. The van der Waals surface area contributed by atoms with E-state index in [1.165, 1.54) is 0 Å². The number of hydrogen-bond donors (Lipinski definition) is 0. The zero-order valence-corrected chi connectivity index (χ0v) is 7.80. The predicted molar refractivity (Wildman–Crippen MR) is 45.9 cm³/mol. The molecule has 1 aromatic heterocycles. The van der Waals surface area contributed by atoms with E-state index in [-0.39, 0.29) is 12.4 Å². The fourth-order valence-corrected chi connectivity index (χ4v) is 1.47. The summed E-state index contributed by atoms with van der Waals surface area (Å²) in [6, 6.07) is 1.78. The maximum absolute atomic E-state index is 11.3. The first kappa shape index (κ1) is 7.89. The van der Waals surface area contributed by atoms with E-state index in [9.17, 15) is 4.79 Å². The van der Waals surface area contributed by atoms with E-state index in [0.29, 0.717) is 12.2 Å². The first-order valence-corrected chi connectivity index (χ1v) is 4.32. The van der Waals surface area contributed by atoms with Gasteiger partial charge in [-0.2, -0.15) is 0 Å².